The van der Waals surface area contributed by atoms with E-state index in [1.54, 1.807) is 13.3 Å². The molecule has 2 fully saturated rings. The number of anilines is 2. The van der Waals surface area contributed by atoms with E-state index in [-0.39, 0.29) is 0 Å². The first-order valence-corrected chi connectivity index (χ1v) is 9.59. The van der Waals surface area contributed by atoms with E-state index in [1.165, 1.54) is 19.5 Å². The number of ether oxygens (including phenoxy) is 2. The summed E-state index contributed by atoms with van der Waals surface area (Å²) >= 11 is 0. The highest BCUT2D eigenvalue weighted by Gasteiger charge is 2.44. The molecule has 1 saturated carbocycles. The van der Waals surface area contributed by atoms with E-state index in [9.17, 15) is 0 Å². The molecule has 0 amide bonds. The predicted molar refractivity (Wildman–Crippen MR) is 104 cm³/mol. The minimum Gasteiger partial charge on any atom is -0.488 e. The maximum Gasteiger partial charge on any atom is 0.256 e. The standard InChI is InChI=1S/C20H27N5O2/c1-13-7-14(2)23-20(22-13)24-17-9-18(19(26-3)21-10-17)27-6-4-5-25-11-15-8-16(15)12-25/h7,9-10,15-16H,4-6,8,11-12H2,1-3H3,(H,22,23,24). The molecule has 144 valence electrons. The van der Waals surface area contributed by atoms with Crippen LogP contribution in [-0.2, 0) is 0 Å². The van der Waals surface area contributed by atoms with Gasteiger partial charge in [-0.1, -0.05) is 0 Å². The van der Waals surface area contributed by atoms with Gasteiger partial charge in [0.1, 0.15) is 0 Å². The van der Waals surface area contributed by atoms with Gasteiger partial charge in [0.2, 0.25) is 5.95 Å². The van der Waals surface area contributed by atoms with Crippen LogP contribution in [0.3, 0.4) is 0 Å². The van der Waals surface area contributed by atoms with E-state index < -0.39 is 0 Å². The van der Waals surface area contributed by atoms with Gasteiger partial charge in [-0.15, -0.1) is 0 Å². The molecule has 1 aliphatic carbocycles. The van der Waals surface area contributed by atoms with Gasteiger partial charge in [-0.25, -0.2) is 15.0 Å². The maximum atomic E-state index is 5.96. The molecular formula is C20H27N5O2. The minimum absolute atomic E-state index is 0.490. The number of nitrogens with one attached hydrogen (secondary N) is 1. The van der Waals surface area contributed by atoms with Crippen molar-refractivity contribution in [2.75, 3.05) is 38.7 Å². The summed E-state index contributed by atoms with van der Waals surface area (Å²) < 4.78 is 11.3. The van der Waals surface area contributed by atoms with E-state index in [1.807, 2.05) is 26.0 Å². The fourth-order valence-corrected chi connectivity index (χ4v) is 3.82. The van der Waals surface area contributed by atoms with Crippen LogP contribution in [-0.4, -0.2) is 53.2 Å². The lowest BCUT2D eigenvalue weighted by molar-refractivity contribution is 0.242. The highest BCUT2D eigenvalue weighted by atomic mass is 16.5. The van der Waals surface area contributed by atoms with Gasteiger partial charge in [0.25, 0.3) is 5.88 Å². The zero-order valence-electron chi connectivity index (χ0n) is 16.2. The van der Waals surface area contributed by atoms with Crippen molar-refractivity contribution in [1.29, 1.82) is 0 Å². The third kappa shape index (κ3) is 4.47. The van der Waals surface area contributed by atoms with Crippen LogP contribution in [0.1, 0.15) is 24.2 Å². The molecule has 1 N–H and O–H groups in total. The third-order valence-electron chi connectivity index (χ3n) is 5.18. The van der Waals surface area contributed by atoms with Crippen molar-refractivity contribution in [3.63, 3.8) is 0 Å². The Morgan fingerprint density at radius 2 is 1.89 bits per heavy atom. The number of hydrogen-bond acceptors (Lipinski definition) is 7. The van der Waals surface area contributed by atoms with E-state index >= 15 is 0 Å². The van der Waals surface area contributed by atoms with E-state index in [0.29, 0.717) is 24.2 Å². The zero-order valence-corrected chi connectivity index (χ0v) is 16.2. The van der Waals surface area contributed by atoms with Gasteiger partial charge in [-0.3, -0.25) is 0 Å². The largest absolute Gasteiger partial charge is 0.488 e. The van der Waals surface area contributed by atoms with Crippen LogP contribution in [0.5, 0.6) is 11.6 Å². The maximum absolute atomic E-state index is 5.96. The number of likely N-dealkylation sites (tertiary alicyclic amines) is 1. The van der Waals surface area contributed by atoms with Gasteiger partial charge in [-0.2, -0.15) is 0 Å². The Kier molecular flexibility index (Phi) is 5.11. The predicted octanol–water partition coefficient (Wildman–Crippen LogP) is 2.96. The Hall–Kier alpha value is -2.41. The van der Waals surface area contributed by atoms with Gasteiger partial charge in [-0.05, 0) is 44.6 Å². The van der Waals surface area contributed by atoms with Crippen molar-refractivity contribution < 1.29 is 9.47 Å². The molecule has 1 aliphatic heterocycles. The first-order chi connectivity index (χ1) is 13.1. The van der Waals surface area contributed by atoms with Crippen LogP contribution in [0.2, 0.25) is 0 Å². The number of rotatable bonds is 8. The van der Waals surface area contributed by atoms with Crippen LogP contribution < -0.4 is 14.8 Å². The summed E-state index contributed by atoms with van der Waals surface area (Å²) in [6.45, 7) is 8.18. The van der Waals surface area contributed by atoms with Gasteiger partial charge in [0.15, 0.2) is 5.75 Å². The molecule has 2 unspecified atom stereocenters. The lowest BCUT2D eigenvalue weighted by Crippen LogP contribution is -2.25. The van der Waals surface area contributed by atoms with Crippen molar-refractivity contribution >= 4 is 11.6 Å². The number of aryl methyl sites for hydroxylation is 2. The van der Waals surface area contributed by atoms with E-state index in [2.05, 4.69) is 25.2 Å². The Morgan fingerprint density at radius 1 is 1.15 bits per heavy atom. The van der Waals surface area contributed by atoms with E-state index in [4.69, 9.17) is 9.47 Å². The molecule has 2 aromatic heterocycles. The SMILES string of the molecule is COc1ncc(Nc2nc(C)cc(C)n2)cc1OCCCN1CC2CC2C1. The lowest BCUT2D eigenvalue weighted by atomic mass is 10.3. The Labute approximate surface area is 160 Å². The molecule has 2 aliphatic rings. The average molecular weight is 369 g/mol. The number of piperidine rings is 1. The van der Waals surface area contributed by atoms with Crippen molar-refractivity contribution in [2.24, 2.45) is 11.8 Å². The van der Waals surface area contributed by atoms with Crippen LogP contribution in [0.25, 0.3) is 0 Å². The summed E-state index contributed by atoms with van der Waals surface area (Å²) in [5.74, 6) is 3.63. The molecule has 0 bridgehead atoms. The molecular weight excluding hydrogens is 342 g/mol. The summed E-state index contributed by atoms with van der Waals surface area (Å²) in [7, 11) is 1.60. The number of hydrogen-bond donors (Lipinski definition) is 1. The van der Waals surface area contributed by atoms with Gasteiger partial charge < -0.3 is 19.7 Å². The molecule has 2 atom stereocenters. The number of pyridine rings is 1. The first kappa shape index (κ1) is 18.0. The molecule has 7 heteroatoms. The smallest absolute Gasteiger partial charge is 0.256 e. The highest BCUT2D eigenvalue weighted by Crippen LogP contribution is 2.44. The molecule has 0 radical (unpaired) electrons. The monoisotopic (exact) mass is 369 g/mol. The zero-order chi connectivity index (χ0) is 18.8. The molecule has 27 heavy (non-hydrogen) atoms. The second-order valence-electron chi connectivity index (χ2n) is 7.55. The Morgan fingerprint density at radius 3 is 2.59 bits per heavy atom. The van der Waals surface area contributed by atoms with Gasteiger partial charge in [0.05, 0.1) is 25.6 Å². The first-order valence-electron chi connectivity index (χ1n) is 9.59. The average Bonchev–Trinajstić information content (AvgIpc) is 3.24. The number of methoxy groups -OCH3 is 1. The highest BCUT2D eigenvalue weighted by molar-refractivity contribution is 5.56. The van der Waals surface area contributed by atoms with E-state index in [0.717, 1.165) is 41.9 Å². The quantitative estimate of drug-likeness (QED) is 0.717. The Balaban J connectivity index is 1.34. The molecule has 4 rings (SSSR count). The van der Waals surface area contributed by atoms with Crippen molar-refractivity contribution in [1.82, 2.24) is 19.9 Å². The molecule has 2 aromatic rings. The van der Waals surface area contributed by atoms with Crippen LogP contribution in [0, 0.1) is 25.7 Å². The fraction of sp³-hybridized carbons (Fsp3) is 0.550. The third-order valence-corrected chi connectivity index (χ3v) is 5.18. The molecule has 0 aromatic carbocycles. The van der Waals surface area contributed by atoms with Crippen molar-refractivity contribution in [3.8, 4) is 11.6 Å². The minimum atomic E-state index is 0.490. The van der Waals surface area contributed by atoms with Crippen molar-refractivity contribution in [2.45, 2.75) is 26.7 Å². The summed E-state index contributed by atoms with van der Waals surface area (Å²) in [4.78, 5) is 15.7. The van der Waals surface area contributed by atoms with Crippen LogP contribution >= 0.6 is 0 Å². The molecule has 1 saturated heterocycles. The number of nitrogens with zero attached hydrogens (tertiary/aromatic N) is 4. The lowest BCUT2D eigenvalue weighted by Gasteiger charge is -2.17. The molecule has 0 spiro atoms. The van der Waals surface area contributed by atoms with Crippen molar-refractivity contribution in [3.05, 3.63) is 29.7 Å². The van der Waals surface area contributed by atoms with Gasteiger partial charge in [0, 0.05) is 37.1 Å². The summed E-state index contributed by atoms with van der Waals surface area (Å²) in [5.41, 5.74) is 2.61. The number of fused-ring (bicyclic) bond motifs is 1. The molecule has 7 nitrogen and oxygen atoms in total. The van der Waals surface area contributed by atoms with Crippen LogP contribution in [0.4, 0.5) is 11.6 Å². The van der Waals surface area contributed by atoms with Gasteiger partial charge >= 0.3 is 0 Å². The number of aromatic nitrogens is 3. The molecule has 3 heterocycles. The summed E-state index contributed by atoms with van der Waals surface area (Å²) in [5, 5.41) is 3.19. The topological polar surface area (TPSA) is 72.4 Å². The fourth-order valence-electron chi connectivity index (χ4n) is 3.82. The van der Waals surface area contributed by atoms with Crippen LogP contribution in [0.15, 0.2) is 18.3 Å². The second-order valence-corrected chi connectivity index (χ2v) is 7.55. The normalized spacial score (nSPS) is 21.0. The second kappa shape index (κ2) is 7.68. The summed E-state index contributed by atoms with van der Waals surface area (Å²) in [6, 6.07) is 3.83. The summed E-state index contributed by atoms with van der Waals surface area (Å²) in [6.07, 6.45) is 4.14. The Bertz CT molecular complexity index is 783.